The van der Waals surface area contributed by atoms with Crippen molar-refractivity contribution in [3.63, 3.8) is 0 Å². The van der Waals surface area contributed by atoms with Gasteiger partial charge < -0.3 is 10.4 Å². The summed E-state index contributed by atoms with van der Waals surface area (Å²) in [5.41, 5.74) is 1.32. The quantitative estimate of drug-likeness (QED) is 0.639. The number of nitrogens with one attached hydrogen (secondary N) is 1. The Morgan fingerprint density at radius 3 is 2.50 bits per heavy atom. The molecule has 8 heteroatoms. The van der Waals surface area contributed by atoms with Crippen LogP contribution in [0.2, 0.25) is 5.02 Å². The molecule has 2 aromatic carbocycles. The van der Waals surface area contributed by atoms with Gasteiger partial charge in [-0.15, -0.1) is 0 Å². The molecular formula is C18H13BrClN3O3. The van der Waals surface area contributed by atoms with E-state index in [0.717, 1.165) is 4.47 Å². The van der Waals surface area contributed by atoms with E-state index < -0.39 is 17.9 Å². The van der Waals surface area contributed by atoms with Crippen molar-refractivity contribution in [3.05, 3.63) is 81.5 Å². The lowest BCUT2D eigenvalue weighted by atomic mass is 10.1. The summed E-state index contributed by atoms with van der Waals surface area (Å²) in [5, 5.41) is 16.6. The Kier molecular flexibility index (Phi) is 5.39. The third kappa shape index (κ3) is 3.95. The van der Waals surface area contributed by atoms with Crippen LogP contribution in [0.3, 0.4) is 0 Å². The second kappa shape index (κ2) is 7.72. The van der Waals surface area contributed by atoms with Crippen molar-refractivity contribution in [1.29, 1.82) is 0 Å². The largest absolute Gasteiger partial charge is 0.479 e. The number of halogens is 2. The number of carboxylic acid groups (broad SMARTS) is 1. The van der Waals surface area contributed by atoms with E-state index in [1.807, 2.05) is 0 Å². The van der Waals surface area contributed by atoms with Crippen LogP contribution < -0.4 is 5.32 Å². The van der Waals surface area contributed by atoms with Gasteiger partial charge in [-0.05, 0) is 29.8 Å². The lowest BCUT2D eigenvalue weighted by Crippen LogP contribution is -2.33. The van der Waals surface area contributed by atoms with Crippen LogP contribution in [0.1, 0.15) is 22.0 Å². The first-order valence-electron chi connectivity index (χ1n) is 7.54. The molecule has 1 heterocycles. The standard InChI is InChI=1S/C18H13BrClN3O3/c19-13-7-5-11(6-8-13)16(18(25)26)22-17(24)12-9-21-23(10-12)15-4-2-1-3-14(15)20/h1-10,16H,(H,22,24)(H,25,26). The Balaban J connectivity index is 1.82. The highest BCUT2D eigenvalue weighted by atomic mass is 79.9. The van der Waals surface area contributed by atoms with E-state index in [4.69, 9.17) is 11.6 Å². The smallest absolute Gasteiger partial charge is 0.330 e. The third-order valence-electron chi connectivity index (χ3n) is 3.67. The van der Waals surface area contributed by atoms with E-state index in [0.29, 0.717) is 16.3 Å². The Hall–Kier alpha value is -2.64. The number of carboxylic acids is 1. The van der Waals surface area contributed by atoms with Crippen molar-refractivity contribution in [2.75, 3.05) is 0 Å². The number of para-hydroxylation sites is 1. The molecule has 2 N–H and O–H groups in total. The lowest BCUT2D eigenvalue weighted by Gasteiger charge is -2.14. The van der Waals surface area contributed by atoms with E-state index in [9.17, 15) is 14.7 Å². The Morgan fingerprint density at radius 1 is 1.15 bits per heavy atom. The van der Waals surface area contributed by atoms with E-state index in [1.165, 1.54) is 17.1 Å². The van der Waals surface area contributed by atoms with Crippen LogP contribution in [-0.2, 0) is 4.79 Å². The molecule has 0 aliphatic rings. The third-order valence-corrected chi connectivity index (χ3v) is 4.52. The number of aliphatic carboxylic acids is 1. The molecule has 132 valence electrons. The Labute approximate surface area is 162 Å². The van der Waals surface area contributed by atoms with Crippen LogP contribution in [0.15, 0.2) is 65.4 Å². The first-order valence-corrected chi connectivity index (χ1v) is 8.71. The van der Waals surface area contributed by atoms with Gasteiger partial charge in [-0.3, -0.25) is 4.79 Å². The second-order valence-electron chi connectivity index (χ2n) is 5.42. The summed E-state index contributed by atoms with van der Waals surface area (Å²) in [6.07, 6.45) is 2.86. The van der Waals surface area contributed by atoms with E-state index in [1.54, 1.807) is 48.5 Å². The van der Waals surface area contributed by atoms with Crippen molar-refractivity contribution >= 4 is 39.4 Å². The molecule has 6 nitrogen and oxygen atoms in total. The molecule has 0 aliphatic heterocycles. The molecule has 26 heavy (non-hydrogen) atoms. The molecule has 0 fully saturated rings. The Morgan fingerprint density at radius 2 is 1.85 bits per heavy atom. The normalized spacial score (nSPS) is 11.8. The minimum Gasteiger partial charge on any atom is -0.479 e. The van der Waals surface area contributed by atoms with Gasteiger partial charge in [0.05, 0.1) is 22.5 Å². The predicted molar refractivity (Wildman–Crippen MR) is 101 cm³/mol. The summed E-state index contributed by atoms with van der Waals surface area (Å²) in [4.78, 5) is 24.0. The van der Waals surface area contributed by atoms with Gasteiger partial charge in [0.2, 0.25) is 0 Å². The zero-order chi connectivity index (χ0) is 18.7. The first kappa shape index (κ1) is 18.2. The van der Waals surface area contributed by atoms with Gasteiger partial charge in [0.1, 0.15) is 0 Å². The summed E-state index contributed by atoms with van der Waals surface area (Å²) in [7, 11) is 0. The number of nitrogens with zero attached hydrogens (tertiary/aromatic N) is 2. The van der Waals surface area contributed by atoms with E-state index in [-0.39, 0.29) is 5.56 Å². The fourth-order valence-electron chi connectivity index (χ4n) is 2.37. The maximum absolute atomic E-state index is 12.5. The SMILES string of the molecule is O=C(NC(C(=O)O)c1ccc(Br)cc1)c1cnn(-c2ccccc2Cl)c1. The minimum atomic E-state index is -1.17. The van der Waals surface area contributed by atoms with E-state index in [2.05, 4.69) is 26.3 Å². The first-order chi connectivity index (χ1) is 12.5. The topological polar surface area (TPSA) is 84.2 Å². The zero-order valence-corrected chi connectivity index (χ0v) is 15.6. The number of benzene rings is 2. The second-order valence-corrected chi connectivity index (χ2v) is 6.74. The summed E-state index contributed by atoms with van der Waals surface area (Å²) in [6.45, 7) is 0. The van der Waals surface area contributed by atoms with Crippen LogP contribution in [0.25, 0.3) is 5.69 Å². The van der Waals surface area contributed by atoms with Crippen molar-refractivity contribution < 1.29 is 14.7 Å². The molecule has 0 saturated carbocycles. The average molecular weight is 435 g/mol. The monoisotopic (exact) mass is 433 g/mol. The number of carbonyl (C=O) groups is 2. The number of carbonyl (C=O) groups excluding carboxylic acids is 1. The molecular weight excluding hydrogens is 422 g/mol. The van der Waals surface area contributed by atoms with Crippen LogP contribution >= 0.6 is 27.5 Å². The molecule has 1 aromatic heterocycles. The maximum atomic E-state index is 12.5. The van der Waals surface area contributed by atoms with Crippen molar-refractivity contribution in [2.24, 2.45) is 0 Å². The van der Waals surface area contributed by atoms with Gasteiger partial charge in [-0.25, -0.2) is 9.48 Å². The number of hydrogen-bond donors (Lipinski definition) is 2. The van der Waals surface area contributed by atoms with Crippen LogP contribution in [0, 0.1) is 0 Å². The van der Waals surface area contributed by atoms with Gasteiger partial charge in [0.25, 0.3) is 5.91 Å². The van der Waals surface area contributed by atoms with Crippen molar-refractivity contribution in [1.82, 2.24) is 15.1 Å². The van der Waals surface area contributed by atoms with Gasteiger partial charge in [0.15, 0.2) is 6.04 Å². The summed E-state index contributed by atoms with van der Waals surface area (Å²) in [6, 6.07) is 12.6. The number of amides is 1. The highest BCUT2D eigenvalue weighted by Gasteiger charge is 2.23. The molecule has 1 unspecified atom stereocenters. The molecule has 3 aromatic rings. The molecule has 0 aliphatic carbocycles. The molecule has 1 atom stereocenters. The van der Waals surface area contributed by atoms with Gasteiger partial charge in [-0.1, -0.05) is 51.8 Å². The molecule has 0 spiro atoms. The number of hydrogen-bond acceptors (Lipinski definition) is 3. The molecule has 3 rings (SSSR count). The average Bonchev–Trinajstić information content (AvgIpc) is 3.10. The summed E-state index contributed by atoms with van der Waals surface area (Å²) in [5.74, 6) is -1.70. The number of aromatic nitrogens is 2. The van der Waals surface area contributed by atoms with Gasteiger partial charge in [-0.2, -0.15) is 5.10 Å². The van der Waals surface area contributed by atoms with Crippen LogP contribution in [0.5, 0.6) is 0 Å². The summed E-state index contributed by atoms with van der Waals surface area (Å²) >= 11 is 9.42. The Bertz CT molecular complexity index is 956. The lowest BCUT2D eigenvalue weighted by molar-refractivity contribution is -0.139. The molecule has 0 radical (unpaired) electrons. The molecule has 0 bridgehead atoms. The van der Waals surface area contributed by atoms with Gasteiger partial charge >= 0.3 is 5.97 Å². The van der Waals surface area contributed by atoms with E-state index >= 15 is 0 Å². The summed E-state index contributed by atoms with van der Waals surface area (Å²) < 4.78 is 2.28. The van der Waals surface area contributed by atoms with Crippen LogP contribution in [-0.4, -0.2) is 26.8 Å². The fraction of sp³-hybridized carbons (Fsp3) is 0.0556. The highest BCUT2D eigenvalue weighted by molar-refractivity contribution is 9.10. The molecule has 0 saturated heterocycles. The predicted octanol–water partition coefficient (Wildman–Crippen LogP) is 3.84. The van der Waals surface area contributed by atoms with Gasteiger partial charge in [0, 0.05) is 10.7 Å². The van der Waals surface area contributed by atoms with Crippen molar-refractivity contribution in [3.8, 4) is 5.69 Å². The molecule has 1 amide bonds. The zero-order valence-electron chi connectivity index (χ0n) is 13.3. The van der Waals surface area contributed by atoms with Crippen LogP contribution in [0.4, 0.5) is 0 Å². The van der Waals surface area contributed by atoms with Crippen molar-refractivity contribution in [2.45, 2.75) is 6.04 Å². The number of rotatable bonds is 5. The minimum absolute atomic E-state index is 0.230. The fourth-order valence-corrected chi connectivity index (χ4v) is 2.85. The highest BCUT2D eigenvalue weighted by Crippen LogP contribution is 2.20. The maximum Gasteiger partial charge on any atom is 0.330 e.